The Bertz CT molecular complexity index is 1870. The van der Waals surface area contributed by atoms with Gasteiger partial charge in [0.05, 0.1) is 35.4 Å². The van der Waals surface area contributed by atoms with Crippen LogP contribution in [-0.4, -0.2) is 28.9 Å². The zero-order chi connectivity index (χ0) is 29.7. The van der Waals surface area contributed by atoms with Crippen molar-refractivity contribution >= 4 is 62.2 Å². The van der Waals surface area contributed by atoms with Gasteiger partial charge in [-0.3, -0.25) is 9.59 Å². The first-order valence-electron chi connectivity index (χ1n) is 12.9. The maximum atomic E-state index is 12.4. The number of methoxy groups -OCH3 is 1. The lowest BCUT2D eigenvalue weighted by Gasteiger charge is -2.32. The van der Waals surface area contributed by atoms with E-state index < -0.39 is 8.86 Å². The van der Waals surface area contributed by atoms with Crippen LogP contribution in [0.25, 0.3) is 21.9 Å². The quantitative estimate of drug-likeness (QED) is 0.101. The maximum Gasteiger partial charge on any atom is 0.306 e. The predicted octanol–water partition coefficient (Wildman–Crippen LogP) is 6.41. The minimum Gasteiger partial charge on any atom is -0.487 e. The number of aromatic nitrogens is 1. The summed E-state index contributed by atoms with van der Waals surface area (Å²) in [5.41, 5.74) is 2.76. The van der Waals surface area contributed by atoms with Gasteiger partial charge in [0, 0.05) is 17.2 Å². The highest BCUT2D eigenvalue weighted by molar-refractivity contribution is 14.1. The number of para-hydroxylation sites is 1. The van der Waals surface area contributed by atoms with Crippen LogP contribution in [0.1, 0.15) is 34.3 Å². The van der Waals surface area contributed by atoms with E-state index in [1.54, 1.807) is 18.2 Å². The number of alkyl halides is 1. The van der Waals surface area contributed by atoms with Crippen molar-refractivity contribution < 1.29 is 23.8 Å². The molecule has 42 heavy (non-hydrogen) atoms. The van der Waals surface area contributed by atoms with Crippen LogP contribution in [0.2, 0.25) is 0 Å². The van der Waals surface area contributed by atoms with Gasteiger partial charge in [-0.15, -0.1) is 11.8 Å². The monoisotopic (exact) mass is 692 g/mol. The number of thioether (sulfide) groups is 1. The van der Waals surface area contributed by atoms with Crippen LogP contribution in [-0.2, 0) is 19.7 Å². The second kappa shape index (κ2) is 12.9. The van der Waals surface area contributed by atoms with E-state index in [1.165, 1.54) is 18.9 Å². The molecule has 0 aliphatic heterocycles. The number of carbonyl (C=O) groups is 1. The number of nitrogens with zero attached hydrogens (tertiary/aromatic N) is 2. The van der Waals surface area contributed by atoms with Gasteiger partial charge < -0.3 is 19.0 Å². The molecule has 0 bridgehead atoms. The summed E-state index contributed by atoms with van der Waals surface area (Å²) in [7, 11) is 1.34. The molecule has 3 aromatic carbocycles. The first kappa shape index (κ1) is 29.6. The van der Waals surface area contributed by atoms with Crippen LogP contribution >= 0.6 is 34.4 Å². The van der Waals surface area contributed by atoms with Crippen molar-refractivity contribution in [2.45, 2.75) is 21.9 Å². The minimum absolute atomic E-state index is 0.114. The highest BCUT2D eigenvalue weighted by Crippen LogP contribution is 2.50. The van der Waals surface area contributed by atoms with Gasteiger partial charge in [-0.25, -0.2) is 4.98 Å². The summed E-state index contributed by atoms with van der Waals surface area (Å²) in [4.78, 5) is 29.0. The number of aliphatic hydroxyl groups is 1. The second-order valence-electron chi connectivity index (χ2n) is 9.40. The Balaban J connectivity index is 1.45. The largest absolute Gasteiger partial charge is 0.487 e. The molecule has 0 spiro atoms. The van der Waals surface area contributed by atoms with Crippen molar-refractivity contribution in [1.29, 1.82) is 5.26 Å². The molecule has 2 atom stereocenters. The number of benzene rings is 3. The molecule has 0 saturated heterocycles. The molecule has 0 aliphatic rings. The van der Waals surface area contributed by atoms with E-state index in [4.69, 9.17) is 13.9 Å². The molecular weight excluding hydrogens is 667 g/mol. The zero-order valence-corrected chi connectivity index (χ0v) is 25.4. The highest BCUT2D eigenvalue weighted by atomic mass is 127. The number of halogens is 1. The van der Waals surface area contributed by atoms with Crippen LogP contribution in [0.15, 0.2) is 94.1 Å². The van der Waals surface area contributed by atoms with Crippen molar-refractivity contribution in [1.82, 2.24) is 4.98 Å². The maximum absolute atomic E-state index is 12.4. The number of hydrogen-bond donors (Lipinski definition) is 1. The second-order valence-corrected chi connectivity index (χ2v) is 12.3. The number of fused-ring (bicyclic) bond motifs is 2. The number of pyridine rings is 1. The third-order valence-electron chi connectivity index (χ3n) is 6.61. The SMILES string of the molecule is COC(=O)CCSC(c1cccc(OCc2ccc3ccccc3n2)c1)C(O)(I)c1ccc2c(=O)cc(C#N)oc2c1. The fraction of sp³-hybridized carbons (Fsp3) is 0.188. The summed E-state index contributed by atoms with van der Waals surface area (Å²) < 4.78 is 15.0. The van der Waals surface area contributed by atoms with E-state index in [0.29, 0.717) is 22.5 Å². The third-order valence-corrected chi connectivity index (χ3v) is 9.67. The molecule has 0 aliphatic carbocycles. The molecule has 2 heterocycles. The molecule has 8 nitrogen and oxygen atoms in total. The van der Waals surface area contributed by atoms with Crippen LogP contribution in [0.4, 0.5) is 0 Å². The molecule has 2 unspecified atom stereocenters. The van der Waals surface area contributed by atoms with Crippen LogP contribution in [0, 0.1) is 11.3 Å². The van der Waals surface area contributed by atoms with Crippen molar-refractivity contribution in [3.8, 4) is 11.8 Å². The third kappa shape index (κ3) is 6.59. The van der Waals surface area contributed by atoms with Gasteiger partial charge in [0.25, 0.3) is 0 Å². The molecule has 0 saturated carbocycles. The highest BCUT2D eigenvalue weighted by Gasteiger charge is 2.38. The van der Waals surface area contributed by atoms with Crippen LogP contribution < -0.4 is 10.2 Å². The molecule has 0 fully saturated rings. The number of esters is 1. The van der Waals surface area contributed by atoms with Crippen LogP contribution in [0.5, 0.6) is 5.75 Å². The first-order valence-corrected chi connectivity index (χ1v) is 15.1. The van der Waals surface area contributed by atoms with E-state index in [-0.39, 0.29) is 35.8 Å². The summed E-state index contributed by atoms with van der Waals surface area (Å²) in [5, 5.41) is 22.0. The number of ether oxygens (including phenoxy) is 2. The lowest BCUT2D eigenvalue weighted by molar-refractivity contribution is -0.140. The average molecular weight is 693 g/mol. The van der Waals surface area contributed by atoms with E-state index in [0.717, 1.165) is 28.2 Å². The predicted molar refractivity (Wildman–Crippen MR) is 169 cm³/mol. The van der Waals surface area contributed by atoms with Gasteiger partial charge in [-0.05, 0) is 70.1 Å². The molecule has 0 amide bonds. The van der Waals surface area contributed by atoms with E-state index in [2.05, 4.69) is 4.98 Å². The van der Waals surface area contributed by atoms with Crippen molar-refractivity contribution in [3.63, 3.8) is 0 Å². The number of rotatable bonds is 10. The Labute approximate surface area is 259 Å². The van der Waals surface area contributed by atoms with Crippen LogP contribution in [0.3, 0.4) is 0 Å². The standard InChI is InChI=1S/C32H25IN2O6S/c1-39-30(37)13-14-42-31(32(33,38)22-10-12-26-28(36)17-25(18-34)41-29(26)16-22)21-6-4-7-24(15-21)40-19-23-11-9-20-5-2-3-8-27(20)35-23/h2-12,15-17,31,38H,13-14,19H2,1H3. The van der Waals surface area contributed by atoms with Gasteiger partial charge >= 0.3 is 5.97 Å². The van der Waals surface area contributed by atoms with E-state index >= 15 is 0 Å². The van der Waals surface area contributed by atoms with E-state index in [1.807, 2.05) is 89.3 Å². The number of carbonyl (C=O) groups excluding carboxylic acids is 1. The molecule has 5 aromatic rings. The average Bonchev–Trinajstić information content (AvgIpc) is 3.01. The lowest BCUT2D eigenvalue weighted by Crippen LogP contribution is -2.25. The van der Waals surface area contributed by atoms with Gasteiger partial charge in [0.15, 0.2) is 9.04 Å². The molecule has 0 radical (unpaired) electrons. The fourth-order valence-electron chi connectivity index (χ4n) is 4.48. The van der Waals surface area contributed by atoms with Gasteiger partial charge in [0.2, 0.25) is 5.76 Å². The topological polar surface area (TPSA) is 123 Å². The summed E-state index contributed by atoms with van der Waals surface area (Å²) in [5.74, 6) is 0.512. The number of hydrogen-bond acceptors (Lipinski definition) is 9. The molecular formula is C32H25IN2O6S. The molecule has 1 N–H and O–H groups in total. The zero-order valence-electron chi connectivity index (χ0n) is 22.5. The van der Waals surface area contributed by atoms with E-state index in [9.17, 15) is 20.0 Å². The smallest absolute Gasteiger partial charge is 0.306 e. The Morgan fingerprint density at radius 2 is 1.95 bits per heavy atom. The molecule has 5 rings (SSSR count). The summed E-state index contributed by atoms with van der Waals surface area (Å²) in [6, 6.07) is 27.0. The molecule has 10 heteroatoms. The lowest BCUT2D eigenvalue weighted by atomic mass is 9.99. The Kier molecular flexibility index (Phi) is 9.11. The summed E-state index contributed by atoms with van der Waals surface area (Å²) >= 11 is 3.36. The Hall–Kier alpha value is -3.92. The molecule has 2 aromatic heterocycles. The van der Waals surface area contributed by atoms with Crippen molar-refractivity contribution in [2.24, 2.45) is 0 Å². The Morgan fingerprint density at radius 3 is 2.76 bits per heavy atom. The minimum atomic E-state index is -1.51. The molecule has 212 valence electrons. The normalized spacial score (nSPS) is 13.3. The van der Waals surface area contributed by atoms with Gasteiger partial charge in [-0.1, -0.05) is 42.5 Å². The fourth-order valence-corrected chi connectivity index (χ4v) is 6.93. The summed E-state index contributed by atoms with van der Waals surface area (Å²) in [6.07, 6.45) is 0.159. The first-order chi connectivity index (χ1) is 20.3. The Morgan fingerprint density at radius 1 is 1.12 bits per heavy atom. The summed E-state index contributed by atoms with van der Waals surface area (Å²) in [6.45, 7) is 0.258. The van der Waals surface area contributed by atoms with Crippen molar-refractivity contribution in [3.05, 3.63) is 118 Å². The van der Waals surface area contributed by atoms with Crippen molar-refractivity contribution in [2.75, 3.05) is 12.9 Å². The number of nitriles is 1. The van der Waals surface area contributed by atoms with Gasteiger partial charge in [0.1, 0.15) is 24.0 Å². The van der Waals surface area contributed by atoms with Gasteiger partial charge in [-0.2, -0.15) is 5.26 Å².